The zero-order chi connectivity index (χ0) is 17.5. The smallest absolute Gasteiger partial charge is 0.307 e. The van der Waals surface area contributed by atoms with E-state index in [4.69, 9.17) is 4.74 Å². The van der Waals surface area contributed by atoms with E-state index in [9.17, 15) is 19.2 Å². The number of hydrogen-bond acceptors (Lipinski definition) is 6. The average Bonchev–Trinajstić information content (AvgIpc) is 2.45. The first-order chi connectivity index (χ1) is 10.7. The van der Waals surface area contributed by atoms with E-state index in [-0.39, 0.29) is 36.8 Å². The highest BCUT2D eigenvalue weighted by molar-refractivity contribution is 8.13. The van der Waals surface area contributed by atoms with E-state index >= 15 is 0 Å². The maximum Gasteiger partial charge on any atom is 0.307 e. The second-order valence-corrected chi connectivity index (χ2v) is 7.12. The molecule has 1 radical (unpaired) electrons. The van der Waals surface area contributed by atoms with Crippen LogP contribution < -0.4 is 10.6 Å². The van der Waals surface area contributed by atoms with Crippen LogP contribution in [0.4, 0.5) is 0 Å². The molecule has 7 nitrogen and oxygen atoms in total. The topological polar surface area (TPSA) is 102 Å². The minimum absolute atomic E-state index is 0.0311. The Hall–Kier alpha value is -1.57. The third kappa shape index (κ3) is 7.49. The molecule has 1 atom stereocenters. The summed E-state index contributed by atoms with van der Waals surface area (Å²) in [5, 5.41) is 5.09. The van der Waals surface area contributed by atoms with Crippen molar-refractivity contribution in [2.45, 2.75) is 39.2 Å². The maximum absolute atomic E-state index is 12.2. The molecule has 0 aromatic rings. The first-order valence-electron chi connectivity index (χ1n) is 7.45. The summed E-state index contributed by atoms with van der Waals surface area (Å²) in [5.74, 6) is -0.877. The lowest BCUT2D eigenvalue weighted by Gasteiger charge is -2.29. The monoisotopic (exact) mass is 343 g/mol. The Kier molecular flexibility index (Phi) is 7.54. The van der Waals surface area contributed by atoms with Gasteiger partial charge in [-0.05, 0) is 6.92 Å². The third-order valence-corrected chi connectivity index (χ3v) is 4.00. The van der Waals surface area contributed by atoms with Crippen molar-refractivity contribution < 1.29 is 23.9 Å². The van der Waals surface area contributed by atoms with Crippen LogP contribution in [0.2, 0.25) is 0 Å². The Labute approximate surface area is 140 Å². The minimum Gasteiger partial charge on any atom is -0.452 e. The normalized spacial score (nSPS) is 23.2. The van der Waals surface area contributed by atoms with E-state index in [0.717, 1.165) is 11.8 Å². The molecule has 8 heteroatoms. The van der Waals surface area contributed by atoms with Gasteiger partial charge in [0.1, 0.15) is 0 Å². The van der Waals surface area contributed by atoms with Crippen LogP contribution in [0, 0.1) is 12.3 Å². The molecule has 0 aromatic carbocycles. The number of carbonyl (C=O) groups excluding carboxylic acids is 4. The lowest BCUT2D eigenvalue weighted by Crippen LogP contribution is -2.46. The fourth-order valence-electron chi connectivity index (χ4n) is 1.87. The molecule has 0 saturated carbocycles. The zero-order valence-electron chi connectivity index (χ0n) is 13.5. The quantitative estimate of drug-likeness (QED) is 0.670. The summed E-state index contributed by atoms with van der Waals surface area (Å²) in [4.78, 5) is 47.3. The van der Waals surface area contributed by atoms with Crippen LogP contribution >= 0.6 is 11.8 Å². The lowest BCUT2D eigenvalue weighted by atomic mass is 9.88. The number of nitrogens with one attached hydrogen (secondary N) is 2. The molecule has 2 N–H and O–H groups in total. The molecule has 0 aromatic heterocycles. The van der Waals surface area contributed by atoms with E-state index in [2.05, 4.69) is 17.6 Å². The highest BCUT2D eigenvalue weighted by atomic mass is 32.2. The SMILES string of the molecule is [CH2]C(C)(C)[C@H]1OC(=O)CCC(=O)SCCNC(=O)CCNC1=O. The van der Waals surface area contributed by atoms with Gasteiger partial charge in [0, 0.05) is 37.1 Å². The molecule has 1 aliphatic heterocycles. The van der Waals surface area contributed by atoms with Crippen LogP contribution in [0.15, 0.2) is 0 Å². The summed E-state index contributed by atoms with van der Waals surface area (Å²) >= 11 is 1.06. The second kappa shape index (κ2) is 8.90. The molecule has 0 unspecified atom stereocenters. The molecule has 1 heterocycles. The van der Waals surface area contributed by atoms with Crippen LogP contribution in [0.5, 0.6) is 0 Å². The standard InChI is InChI=1S/C15H23N2O5S/c1-15(2,3)13-14(21)17-7-6-10(18)16-8-9-23-12(20)5-4-11(19)22-13/h13H,1,4-9H2,2-3H3,(H,16,18)(H,17,21)/t13-/m0/s1. The molecule has 0 aliphatic carbocycles. The number of hydrogen-bond donors (Lipinski definition) is 2. The molecule has 1 rings (SSSR count). The Morgan fingerprint density at radius 3 is 2.43 bits per heavy atom. The predicted octanol–water partition coefficient (Wildman–Crippen LogP) is 0.435. The van der Waals surface area contributed by atoms with Gasteiger partial charge in [0.15, 0.2) is 11.2 Å². The molecule has 1 fully saturated rings. The maximum atomic E-state index is 12.2. The summed E-state index contributed by atoms with van der Waals surface area (Å²) in [6.07, 6.45) is -1.02. The van der Waals surface area contributed by atoms with Crippen molar-refractivity contribution in [1.29, 1.82) is 0 Å². The number of cyclic esters (lactones) is 1. The Bertz CT molecular complexity index is 473. The number of rotatable bonds is 1. The van der Waals surface area contributed by atoms with Crippen molar-refractivity contribution >= 4 is 34.7 Å². The van der Waals surface area contributed by atoms with Gasteiger partial charge in [0.25, 0.3) is 5.91 Å². The van der Waals surface area contributed by atoms with Crippen LogP contribution in [-0.2, 0) is 23.9 Å². The predicted molar refractivity (Wildman–Crippen MR) is 86.4 cm³/mol. The van der Waals surface area contributed by atoms with Crippen molar-refractivity contribution in [3.8, 4) is 0 Å². The largest absolute Gasteiger partial charge is 0.452 e. The summed E-state index contributed by atoms with van der Waals surface area (Å²) in [6.45, 7) is 7.69. The van der Waals surface area contributed by atoms with Gasteiger partial charge in [-0.25, -0.2) is 0 Å². The molecular weight excluding hydrogens is 320 g/mol. The van der Waals surface area contributed by atoms with Gasteiger partial charge < -0.3 is 15.4 Å². The summed E-state index contributed by atoms with van der Waals surface area (Å²) in [6, 6.07) is 0. The fourth-order valence-corrected chi connectivity index (χ4v) is 2.55. The van der Waals surface area contributed by atoms with Crippen molar-refractivity contribution in [2.24, 2.45) is 5.41 Å². The molecule has 0 bridgehead atoms. The van der Waals surface area contributed by atoms with E-state index in [1.165, 1.54) is 0 Å². The molecule has 129 valence electrons. The third-order valence-electron chi connectivity index (χ3n) is 3.07. The van der Waals surface area contributed by atoms with Crippen molar-refractivity contribution in [3.63, 3.8) is 0 Å². The van der Waals surface area contributed by atoms with Gasteiger partial charge >= 0.3 is 5.97 Å². The first kappa shape index (κ1) is 19.5. The van der Waals surface area contributed by atoms with Crippen molar-refractivity contribution in [2.75, 3.05) is 18.8 Å². The van der Waals surface area contributed by atoms with E-state index in [0.29, 0.717) is 12.3 Å². The highest BCUT2D eigenvalue weighted by Crippen LogP contribution is 2.23. The van der Waals surface area contributed by atoms with Crippen molar-refractivity contribution in [1.82, 2.24) is 10.6 Å². The number of amides is 2. The number of carbonyl (C=O) groups is 4. The molecular formula is C15H23N2O5S. The Balaban J connectivity index is 2.79. The Morgan fingerprint density at radius 1 is 1.09 bits per heavy atom. The van der Waals surface area contributed by atoms with E-state index in [1.54, 1.807) is 13.8 Å². The molecule has 1 saturated heterocycles. The van der Waals surface area contributed by atoms with Gasteiger partial charge in [0.05, 0.1) is 6.42 Å². The fraction of sp³-hybridized carbons (Fsp3) is 0.667. The van der Waals surface area contributed by atoms with Gasteiger partial charge in [0.2, 0.25) is 5.91 Å². The van der Waals surface area contributed by atoms with Gasteiger partial charge in [-0.3, -0.25) is 19.2 Å². The molecule has 23 heavy (non-hydrogen) atoms. The summed E-state index contributed by atoms with van der Waals surface area (Å²) in [5.41, 5.74) is -0.839. The van der Waals surface area contributed by atoms with Crippen LogP contribution in [-0.4, -0.2) is 47.8 Å². The second-order valence-electron chi connectivity index (χ2n) is 5.97. The van der Waals surface area contributed by atoms with E-state index in [1.807, 2.05) is 0 Å². The van der Waals surface area contributed by atoms with Crippen LogP contribution in [0.1, 0.15) is 33.1 Å². The molecule has 2 amide bonds. The summed E-state index contributed by atoms with van der Waals surface area (Å²) < 4.78 is 5.20. The number of ether oxygens (including phenoxy) is 1. The van der Waals surface area contributed by atoms with Crippen LogP contribution in [0.3, 0.4) is 0 Å². The van der Waals surface area contributed by atoms with E-state index < -0.39 is 23.4 Å². The van der Waals surface area contributed by atoms with Crippen molar-refractivity contribution in [3.05, 3.63) is 6.92 Å². The molecule has 0 spiro atoms. The number of thioether (sulfide) groups is 1. The zero-order valence-corrected chi connectivity index (χ0v) is 14.3. The van der Waals surface area contributed by atoms with Gasteiger partial charge in [-0.2, -0.15) is 0 Å². The Morgan fingerprint density at radius 2 is 1.78 bits per heavy atom. The summed E-state index contributed by atoms with van der Waals surface area (Å²) in [7, 11) is 0. The van der Waals surface area contributed by atoms with Crippen LogP contribution in [0.25, 0.3) is 0 Å². The average molecular weight is 343 g/mol. The van der Waals surface area contributed by atoms with Gasteiger partial charge in [-0.1, -0.05) is 25.6 Å². The number of esters is 1. The minimum atomic E-state index is -1.08. The lowest BCUT2D eigenvalue weighted by molar-refractivity contribution is -0.161. The molecule has 1 aliphatic rings. The van der Waals surface area contributed by atoms with Gasteiger partial charge in [-0.15, -0.1) is 0 Å². The first-order valence-corrected chi connectivity index (χ1v) is 8.43. The highest BCUT2D eigenvalue weighted by Gasteiger charge is 2.35.